The molecule has 0 aliphatic carbocycles. The highest BCUT2D eigenvalue weighted by molar-refractivity contribution is 5.79. The highest BCUT2D eigenvalue weighted by Gasteiger charge is 2.08. The maximum Gasteiger partial charge on any atom is 0.216 e. The summed E-state index contributed by atoms with van der Waals surface area (Å²) in [6, 6.07) is 12.0. The Morgan fingerprint density at radius 1 is 1.07 bits per heavy atom. The quantitative estimate of drug-likeness (QED) is 0.422. The standard InChI is InChI=1S/C20H18N8/c1-13-7-16(11-22-9-13)26-18-12-25-20(28-21)19(27-18)24-10-14-4-5-17-15(8-14)3-2-6-23-17/h2-9,11-12,21H,10H2,1H3,(H2,24,26,27). The number of benzene rings is 1. The molecule has 0 fully saturated rings. The van der Waals surface area contributed by atoms with Crippen LogP contribution in [0.15, 0.2) is 66.3 Å². The molecule has 0 saturated heterocycles. The molecule has 8 heteroatoms. The average Bonchev–Trinajstić information content (AvgIpc) is 2.72. The molecule has 0 aliphatic rings. The lowest BCUT2D eigenvalue weighted by molar-refractivity contribution is 1.03. The first kappa shape index (κ1) is 17.5. The van der Waals surface area contributed by atoms with E-state index in [0.29, 0.717) is 18.2 Å². The van der Waals surface area contributed by atoms with E-state index in [2.05, 4.69) is 41.8 Å². The first-order chi connectivity index (χ1) is 13.7. The van der Waals surface area contributed by atoms with E-state index in [1.807, 2.05) is 37.3 Å². The smallest absolute Gasteiger partial charge is 0.216 e. The molecule has 0 amide bonds. The molecule has 4 aromatic rings. The number of rotatable bonds is 6. The van der Waals surface area contributed by atoms with Crippen LogP contribution in [0.3, 0.4) is 0 Å². The minimum Gasteiger partial charge on any atom is -0.363 e. The van der Waals surface area contributed by atoms with Gasteiger partial charge >= 0.3 is 0 Å². The van der Waals surface area contributed by atoms with Crippen molar-refractivity contribution in [2.45, 2.75) is 13.5 Å². The van der Waals surface area contributed by atoms with Crippen molar-refractivity contribution < 1.29 is 0 Å². The number of hydrogen-bond donors (Lipinski definition) is 3. The van der Waals surface area contributed by atoms with E-state index < -0.39 is 0 Å². The zero-order chi connectivity index (χ0) is 19.3. The first-order valence-corrected chi connectivity index (χ1v) is 8.72. The predicted molar refractivity (Wildman–Crippen MR) is 108 cm³/mol. The molecule has 4 rings (SSSR count). The topological polar surface area (TPSA) is 112 Å². The molecule has 0 bridgehead atoms. The van der Waals surface area contributed by atoms with Crippen LogP contribution in [-0.4, -0.2) is 19.9 Å². The van der Waals surface area contributed by atoms with E-state index in [4.69, 9.17) is 5.53 Å². The summed E-state index contributed by atoms with van der Waals surface area (Å²) in [6.45, 7) is 2.50. The number of aryl methyl sites for hydroxylation is 1. The molecule has 3 heterocycles. The lowest BCUT2D eigenvalue weighted by Gasteiger charge is -2.11. The normalized spacial score (nSPS) is 10.6. The molecular formula is C20H18N8. The van der Waals surface area contributed by atoms with Crippen molar-refractivity contribution in [3.05, 3.63) is 72.3 Å². The molecule has 28 heavy (non-hydrogen) atoms. The van der Waals surface area contributed by atoms with Crippen molar-refractivity contribution in [3.63, 3.8) is 0 Å². The third kappa shape index (κ3) is 3.90. The van der Waals surface area contributed by atoms with Gasteiger partial charge in [-0.15, -0.1) is 5.11 Å². The van der Waals surface area contributed by atoms with Crippen molar-refractivity contribution >= 4 is 34.0 Å². The molecule has 0 unspecified atom stereocenters. The fraction of sp³-hybridized carbons (Fsp3) is 0.100. The Hall–Kier alpha value is -3.94. The fourth-order valence-corrected chi connectivity index (χ4v) is 2.84. The van der Waals surface area contributed by atoms with Gasteiger partial charge < -0.3 is 10.6 Å². The van der Waals surface area contributed by atoms with E-state index in [1.165, 1.54) is 0 Å². The van der Waals surface area contributed by atoms with Crippen molar-refractivity contribution in [1.29, 1.82) is 5.53 Å². The third-order valence-corrected chi connectivity index (χ3v) is 4.13. The van der Waals surface area contributed by atoms with Crippen molar-refractivity contribution in [1.82, 2.24) is 19.9 Å². The number of anilines is 3. The third-order valence-electron chi connectivity index (χ3n) is 4.13. The molecule has 8 nitrogen and oxygen atoms in total. The number of nitrogens with zero attached hydrogens (tertiary/aromatic N) is 5. The van der Waals surface area contributed by atoms with Crippen LogP contribution >= 0.6 is 0 Å². The number of fused-ring (bicyclic) bond motifs is 1. The summed E-state index contributed by atoms with van der Waals surface area (Å²) in [5, 5.41) is 10.9. The Bertz CT molecular complexity index is 1140. The Morgan fingerprint density at radius 3 is 2.86 bits per heavy atom. The second kappa shape index (κ2) is 7.75. The lowest BCUT2D eigenvalue weighted by Crippen LogP contribution is -2.05. The van der Waals surface area contributed by atoms with Gasteiger partial charge in [0, 0.05) is 24.3 Å². The molecule has 0 saturated carbocycles. The molecule has 0 radical (unpaired) electrons. The molecule has 1 aromatic carbocycles. The lowest BCUT2D eigenvalue weighted by atomic mass is 10.1. The van der Waals surface area contributed by atoms with Crippen LogP contribution in [-0.2, 0) is 6.54 Å². The minimum absolute atomic E-state index is 0.232. The number of pyridine rings is 2. The number of nitrogens with one attached hydrogen (secondary N) is 3. The SMILES string of the molecule is Cc1cncc(Nc2cnc(N=N)c(NCc3ccc4ncccc4c3)n2)c1. The predicted octanol–water partition coefficient (Wildman–Crippen LogP) is 4.75. The van der Waals surface area contributed by atoms with Crippen molar-refractivity contribution in [2.24, 2.45) is 5.11 Å². The molecule has 0 aliphatic heterocycles. The zero-order valence-electron chi connectivity index (χ0n) is 15.2. The largest absolute Gasteiger partial charge is 0.363 e. The summed E-state index contributed by atoms with van der Waals surface area (Å²) < 4.78 is 0. The highest BCUT2D eigenvalue weighted by Crippen LogP contribution is 2.24. The summed E-state index contributed by atoms with van der Waals surface area (Å²) in [5.74, 6) is 1.22. The van der Waals surface area contributed by atoms with E-state index in [9.17, 15) is 0 Å². The summed E-state index contributed by atoms with van der Waals surface area (Å²) in [5.41, 5.74) is 11.2. The Labute approximate surface area is 161 Å². The van der Waals surface area contributed by atoms with Crippen LogP contribution in [0.1, 0.15) is 11.1 Å². The summed E-state index contributed by atoms with van der Waals surface area (Å²) in [4.78, 5) is 17.2. The van der Waals surface area contributed by atoms with Gasteiger partial charge in [-0.2, -0.15) is 0 Å². The molecule has 0 atom stereocenters. The van der Waals surface area contributed by atoms with Gasteiger partial charge in [-0.1, -0.05) is 12.1 Å². The van der Waals surface area contributed by atoms with Crippen molar-refractivity contribution in [3.8, 4) is 0 Å². The van der Waals surface area contributed by atoms with Gasteiger partial charge in [0.1, 0.15) is 0 Å². The van der Waals surface area contributed by atoms with Gasteiger partial charge in [0.05, 0.1) is 23.6 Å². The molecule has 3 aromatic heterocycles. The van der Waals surface area contributed by atoms with E-state index in [0.717, 1.165) is 27.7 Å². The van der Waals surface area contributed by atoms with Gasteiger partial charge in [-0.05, 0) is 42.3 Å². The molecule has 138 valence electrons. The van der Waals surface area contributed by atoms with Gasteiger partial charge in [-0.25, -0.2) is 15.5 Å². The fourth-order valence-electron chi connectivity index (χ4n) is 2.84. The summed E-state index contributed by atoms with van der Waals surface area (Å²) >= 11 is 0. The van der Waals surface area contributed by atoms with Crippen LogP contribution in [0.5, 0.6) is 0 Å². The molecular weight excluding hydrogens is 352 g/mol. The maximum absolute atomic E-state index is 7.34. The summed E-state index contributed by atoms with van der Waals surface area (Å²) in [7, 11) is 0. The Kier molecular flexibility index (Phi) is 4.83. The maximum atomic E-state index is 7.34. The number of hydrogen-bond acceptors (Lipinski definition) is 8. The van der Waals surface area contributed by atoms with Crippen molar-refractivity contribution in [2.75, 3.05) is 10.6 Å². The van der Waals surface area contributed by atoms with Gasteiger partial charge in [0.15, 0.2) is 11.6 Å². The number of aromatic nitrogens is 4. The van der Waals surface area contributed by atoms with Crippen LogP contribution in [0, 0.1) is 12.5 Å². The van der Waals surface area contributed by atoms with Crippen LogP contribution in [0.2, 0.25) is 0 Å². The molecule has 3 N–H and O–H groups in total. The minimum atomic E-state index is 0.232. The van der Waals surface area contributed by atoms with E-state index >= 15 is 0 Å². The van der Waals surface area contributed by atoms with Crippen LogP contribution < -0.4 is 10.6 Å². The zero-order valence-corrected chi connectivity index (χ0v) is 15.2. The van der Waals surface area contributed by atoms with Gasteiger partial charge in [-0.3, -0.25) is 9.97 Å². The second-order valence-electron chi connectivity index (χ2n) is 6.30. The van der Waals surface area contributed by atoms with E-state index in [-0.39, 0.29) is 5.82 Å². The first-order valence-electron chi connectivity index (χ1n) is 8.72. The van der Waals surface area contributed by atoms with Gasteiger partial charge in [0.2, 0.25) is 5.82 Å². The highest BCUT2D eigenvalue weighted by atomic mass is 15.2. The Morgan fingerprint density at radius 2 is 2.00 bits per heavy atom. The van der Waals surface area contributed by atoms with Crippen LogP contribution in [0.25, 0.3) is 10.9 Å². The molecule has 0 spiro atoms. The average molecular weight is 370 g/mol. The second-order valence-corrected chi connectivity index (χ2v) is 6.30. The van der Waals surface area contributed by atoms with Gasteiger partial charge in [0.25, 0.3) is 0 Å². The van der Waals surface area contributed by atoms with Crippen LogP contribution in [0.4, 0.5) is 23.1 Å². The van der Waals surface area contributed by atoms with E-state index in [1.54, 1.807) is 24.8 Å². The Balaban J connectivity index is 1.54. The monoisotopic (exact) mass is 370 g/mol. The summed E-state index contributed by atoms with van der Waals surface area (Å²) in [6.07, 6.45) is 6.82.